The first kappa shape index (κ1) is 20.7. The number of ether oxygens (including phenoxy) is 2. The highest BCUT2D eigenvalue weighted by Gasteiger charge is 2.24. The van der Waals surface area contributed by atoms with Crippen molar-refractivity contribution < 1.29 is 18.3 Å². The second-order valence-corrected chi connectivity index (χ2v) is 8.45. The van der Waals surface area contributed by atoms with E-state index in [1.54, 1.807) is 6.20 Å². The largest absolute Gasteiger partial charge is 0.486 e. The average Bonchev–Trinajstić information content (AvgIpc) is 3.16. The maximum absolute atomic E-state index is 13.9. The molecule has 0 saturated carbocycles. The molecule has 0 radical (unpaired) electrons. The summed E-state index contributed by atoms with van der Waals surface area (Å²) in [5.74, 6) is 0.389. The van der Waals surface area contributed by atoms with E-state index in [9.17, 15) is 8.78 Å². The Kier molecular flexibility index (Phi) is 5.43. The summed E-state index contributed by atoms with van der Waals surface area (Å²) in [6, 6.07) is 10.2. The van der Waals surface area contributed by atoms with Gasteiger partial charge in [-0.1, -0.05) is 0 Å². The number of H-pyrrole nitrogens is 1. The minimum atomic E-state index is -0.559. The van der Waals surface area contributed by atoms with Gasteiger partial charge in [-0.3, -0.25) is 4.98 Å². The van der Waals surface area contributed by atoms with Gasteiger partial charge in [0, 0.05) is 35.3 Å². The van der Waals surface area contributed by atoms with Gasteiger partial charge in [0.25, 0.3) is 0 Å². The van der Waals surface area contributed by atoms with Crippen LogP contribution in [0.3, 0.4) is 0 Å². The van der Waals surface area contributed by atoms with E-state index in [0.717, 1.165) is 59.1 Å². The Hall–Kier alpha value is -3.19. The van der Waals surface area contributed by atoms with Gasteiger partial charge in [-0.05, 0) is 69.3 Å². The molecule has 2 aromatic carbocycles. The Balaban J connectivity index is 1.20. The van der Waals surface area contributed by atoms with Crippen molar-refractivity contribution in [2.24, 2.45) is 0 Å². The Morgan fingerprint density at radius 3 is 2.91 bits per heavy atom. The lowest BCUT2D eigenvalue weighted by Gasteiger charge is -2.30. The molecule has 4 aromatic rings. The lowest BCUT2D eigenvalue weighted by atomic mass is 10.1. The summed E-state index contributed by atoms with van der Waals surface area (Å²) in [7, 11) is 2.04. The summed E-state index contributed by atoms with van der Waals surface area (Å²) in [6.07, 6.45) is 3.27. The molecular weight excluding hydrogens is 412 g/mol. The number of halogens is 2. The fourth-order valence-electron chi connectivity index (χ4n) is 4.36. The zero-order chi connectivity index (χ0) is 22.2. The Morgan fingerprint density at radius 2 is 2.03 bits per heavy atom. The Morgan fingerprint density at radius 1 is 1.16 bits per heavy atom. The number of pyridine rings is 1. The van der Waals surface area contributed by atoms with Crippen LogP contribution in [0.5, 0.6) is 11.5 Å². The highest BCUT2D eigenvalue weighted by atomic mass is 19.1. The molecule has 0 saturated heterocycles. The fraction of sp³-hybridized carbons (Fsp3) is 0.320. The first-order chi connectivity index (χ1) is 15.5. The number of aromatic nitrogens is 2. The number of nitrogens with one attached hydrogen (secondary N) is 1. The van der Waals surface area contributed by atoms with E-state index in [1.807, 2.05) is 38.2 Å². The van der Waals surface area contributed by atoms with E-state index in [1.165, 1.54) is 6.07 Å². The number of fused-ring (bicyclic) bond motifs is 4. The van der Waals surface area contributed by atoms with Crippen molar-refractivity contribution in [2.75, 3.05) is 26.7 Å². The first-order valence-corrected chi connectivity index (χ1v) is 10.8. The number of aromatic amines is 1. The molecule has 5 nitrogen and oxygen atoms in total. The van der Waals surface area contributed by atoms with Crippen molar-refractivity contribution >= 4 is 21.8 Å². The SMILES string of the molecule is Cc1ccc2c3c(ccc2n1)OCC(CN(C)CCCc1c[nH]c2c(F)cc(F)cc12)O3. The molecule has 0 bridgehead atoms. The molecule has 0 aliphatic carbocycles. The van der Waals surface area contributed by atoms with Gasteiger partial charge in [-0.25, -0.2) is 8.78 Å². The monoisotopic (exact) mass is 437 g/mol. The normalized spacial score (nSPS) is 15.7. The van der Waals surface area contributed by atoms with E-state index < -0.39 is 11.6 Å². The van der Waals surface area contributed by atoms with Crippen LogP contribution in [0.25, 0.3) is 21.8 Å². The van der Waals surface area contributed by atoms with Crippen molar-refractivity contribution in [1.82, 2.24) is 14.9 Å². The fourth-order valence-corrected chi connectivity index (χ4v) is 4.36. The number of likely N-dealkylation sites (N-methyl/N-ethyl adjacent to an activating group) is 1. The molecule has 0 fully saturated rings. The zero-order valence-electron chi connectivity index (χ0n) is 18.1. The van der Waals surface area contributed by atoms with Crippen LogP contribution >= 0.6 is 0 Å². The van der Waals surface area contributed by atoms with Gasteiger partial charge < -0.3 is 19.4 Å². The smallest absolute Gasteiger partial charge is 0.171 e. The predicted octanol–water partition coefficient (Wildman–Crippen LogP) is 5.01. The van der Waals surface area contributed by atoms with Crippen LogP contribution in [0.2, 0.25) is 0 Å². The average molecular weight is 437 g/mol. The molecule has 7 heteroatoms. The number of nitrogens with zero attached hydrogens (tertiary/aromatic N) is 2. The van der Waals surface area contributed by atoms with Gasteiger partial charge in [0.05, 0.1) is 11.0 Å². The lowest BCUT2D eigenvalue weighted by Crippen LogP contribution is -2.39. The summed E-state index contributed by atoms with van der Waals surface area (Å²) >= 11 is 0. The molecule has 1 aliphatic heterocycles. The molecule has 1 unspecified atom stereocenters. The van der Waals surface area contributed by atoms with Gasteiger partial charge in [0.1, 0.15) is 24.3 Å². The Labute approximate surface area is 185 Å². The standard InChI is InChI=1S/C25H25F2N3O2/c1-15-5-6-19-22(29-15)7-8-23-25(19)32-18(14-31-23)13-30(2)9-3-4-16-12-28-24-20(16)10-17(26)11-21(24)27/h5-8,10-12,18,28H,3-4,9,13-14H2,1-2H3. The van der Waals surface area contributed by atoms with Crippen molar-refractivity contribution in [2.45, 2.75) is 25.9 Å². The maximum atomic E-state index is 13.9. The number of benzene rings is 2. The van der Waals surface area contributed by atoms with Crippen molar-refractivity contribution in [3.63, 3.8) is 0 Å². The Bertz CT molecular complexity index is 1290. The number of hydrogen-bond acceptors (Lipinski definition) is 4. The molecule has 3 heterocycles. The van der Waals surface area contributed by atoms with Crippen molar-refractivity contribution in [1.29, 1.82) is 0 Å². The van der Waals surface area contributed by atoms with E-state index in [4.69, 9.17) is 9.47 Å². The van der Waals surface area contributed by atoms with Gasteiger partial charge >= 0.3 is 0 Å². The highest BCUT2D eigenvalue weighted by molar-refractivity contribution is 5.88. The third kappa shape index (κ3) is 4.00. The lowest BCUT2D eigenvalue weighted by molar-refractivity contribution is 0.0670. The quantitative estimate of drug-likeness (QED) is 0.461. The van der Waals surface area contributed by atoms with E-state index in [0.29, 0.717) is 24.1 Å². The minimum absolute atomic E-state index is 0.0873. The maximum Gasteiger partial charge on any atom is 0.171 e. The summed E-state index contributed by atoms with van der Waals surface area (Å²) in [5.41, 5.74) is 3.14. The molecular formula is C25H25F2N3O2. The third-order valence-corrected chi connectivity index (χ3v) is 5.93. The molecule has 0 spiro atoms. The van der Waals surface area contributed by atoms with E-state index in [-0.39, 0.29) is 6.10 Å². The van der Waals surface area contributed by atoms with Crippen molar-refractivity contribution in [3.05, 3.63) is 65.5 Å². The summed E-state index contributed by atoms with van der Waals surface area (Å²) in [4.78, 5) is 9.69. The molecule has 1 aliphatic rings. The van der Waals surface area contributed by atoms with Gasteiger partial charge in [-0.15, -0.1) is 0 Å². The molecule has 5 rings (SSSR count). The van der Waals surface area contributed by atoms with Crippen molar-refractivity contribution in [3.8, 4) is 11.5 Å². The number of aryl methyl sites for hydroxylation is 2. The van der Waals surface area contributed by atoms with E-state index in [2.05, 4.69) is 14.9 Å². The molecule has 32 heavy (non-hydrogen) atoms. The second-order valence-electron chi connectivity index (χ2n) is 8.45. The molecule has 2 aromatic heterocycles. The number of hydrogen-bond donors (Lipinski definition) is 1. The topological polar surface area (TPSA) is 50.4 Å². The van der Waals surface area contributed by atoms with Crippen LogP contribution in [0.4, 0.5) is 8.78 Å². The summed E-state index contributed by atoms with van der Waals surface area (Å²) in [6.45, 7) is 4.00. The molecule has 1 N–H and O–H groups in total. The first-order valence-electron chi connectivity index (χ1n) is 10.8. The third-order valence-electron chi connectivity index (χ3n) is 5.93. The second kappa shape index (κ2) is 8.39. The number of rotatable bonds is 6. The van der Waals surface area contributed by atoms with Crippen LogP contribution in [0.15, 0.2) is 42.6 Å². The van der Waals surface area contributed by atoms with Crippen LogP contribution in [-0.2, 0) is 6.42 Å². The van der Waals surface area contributed by atoms with Crippen LogP contribution in [-0.4, -0.2) is 47.7 Å². The highest BCUT2D eigenvalue weighted by Crippen LogP contribution is 2.38. The minimum Gasteiger partial charge on any atom is -0.486 e. The molecule has 1 atom stereocenters. The van der Waals surface area contributed by atoms with Crippen LogP contribution in [0.1, 0.15) is 17.7 Å². The zero-order valence-corrected chi connectivity index (χ0v) is 18.1. The van der Waals surface area contributed by atoms with Gasteiger partial charge in [-0.2, -0.15) is 0 Å². The van der Waals surface area contributed by atoms with Gasteiger partial charge in [0.15, 0.2) is 11.5 Å². The molecule has 0 amide bonds. The van der Waals surface area contributed by atoms with Crippen LogP contribution in [0, 0.1) is 18.6 Å². The predicted molar refractivity (Wildman–Crippen MR) is 120 cm³/mol. The summed E-state index contributed by atoms with van der Waals surface area (Å²) in [5, 5.41) is 1.57. The van der Waals surface area contributed by atoms with Crippen LogP contribution < -0.4 is 9.47 Å². The van der Waals surface area contributed by atoms with Gasteiger partial charge in [0.2, 0.25) is 0 Å². The van der Waals surface area contributed by atoms with E-state index >= 15 is 0 Å². The summed E-state index contributed by atoms with van der Waals surface area (Å²) < 4.78 is 39.7. The molecule has 166 valence electrons.